The first-order valence-electron chi connectivity index (χ1n) is 14.5. The minimum atomic E-state index is 1.08. The number of aryl methyl sites for hydroxylation is 3. The Morgan fingerprint density at radius 1 is 0.606 bits per heavy atom. The van der Waals surface area contributed by atoms with Gasteiger partial charge >= 0.3 is 0 Å². The van der Waals surface area contributed by atoms with Crippen molar-refractivity contribution in [1.82, 2.24) is 4.57 Å². The van der Waals surface area contributed by atoms with Crippen LogP contribution in [0.4, 0.5) is 0 Å². The van der Waals surface area contributed by atoms with E-state index in [-0.39, 0.29) is 0 Å². The highest BCUT2D eigenvalue weighted by Crippen LogP contribution is 2.14. The van der Waals surface area contributed by atoms with Gasteiger partial charge in [-0.05, 0) is 31.7 Å². The van der Waals surface area contributed by atoms with E-state index in [0.717, 1.165) is 13.1 Å². The highest BCUT2D eigenvalue weighted by molar-refractivity contribution is 5.14. The first-order chi connectivity index (χ1) is 16.3. The molecule has 186 valence electrons. The van der Waals surface area contributed by atoms with Crippen molar-refractivity contribution in [3.63, 3.8) is 0 Å². The van der Waals surface area contributed by atoms with Crippen LogP contribution in [0.15, 0.2) is 42.7 Å². The van der Waals surface area contributed by atoms with Crippen LogP contribution in [0.3, 0.4) is 0 Å². The maximum Gasteiger partial charge on any atom is 0.256 e. The fraction of sp³-hybridized carbons (Fsp3) is 0.710. The van der Waals surface area contributed by atoms with Gasteiger partial charge in [0.25, 0.3) is 5.82 Å². The van der Waals surface area contributed by atoms with E-state index in [1.165, 1.54) is 127 Å². The van der Waals surface area contributed by atoms with Gasteiger partial charge in [-0.1, -0.05) is 127 Å². The molecule has 33 heavy (non-hydrogen) atoms. The second-order valence-electron chi connectivity index (χ2n) is 9.98. The molecule has 0 saturated heterocycles. The predicted octanol–water partition coefficient (Wildman–Crippen LogP) is 8.84. The number of nitrogens with zero attached hydrogens (tertiary/aromatic N) is 2. The summed E-state index contributed by atoms with van der Waals surface area (Å²) in [5, 5.41) is 0. The third-order valence-electron chi connectivity index (χ3n) is 7.14. The van der Waals surface area contributed by atoms with Gasteiger partial charge in [-0.15, -0.1) is 0 Å². The van der Waals surface area contributed by atoms with Crippen LogP contribution in [0.2, 0.25) is 0 Å². The zero-order valence-electron chi connectivity index (χ0n) is 22.1. The molecule has 0 N–H and O–H groups in total. The maximum atomic E-state index is 2.51. The van der Waals surface area contributed by atoms with E-state index in [2.05, 4.69) is 65.7 Å². The van der Waals surface area contributed by atoms with Crippen molar-refractivity contribution in [2.45, 2.75) is 143 Å². The third-order valence-corrected chi connectivity index (χ3v) is 7.14. The number of unbranched alkanes of at least 4 members (excludes halogenated alkanes) is 14. The molecule has 0 aliphatic heterocycles. The minimum Gasteiger partial charge on any atom is -0.235 e. The molecule has 0 amide bonds. The molecule has 2 rings (SSSR count). The molecule has 0 saturated carbocycles. The Hall–Kier alpha value is -1.57. The molecule has 1 heterocycles. The molecule has 0 atom stereocenters. The fourth-order valence-electron chi connectivity index (χ4n) is 5.03. The van der Waals surface area contributed by atoms with Gasteiger partial charge in [0.15, 0.2) is 0 Å². The van der Waals surface area contributed by atoms with Gasteiger partial charge < -0.3 is 0 Å². The molecule has 0 radical (unpaired) electrons. The first kappa shape index (κ1) is 27.7. The molecule has 0 bridgehead atoms. The van der Waals surface area contributed by atoms with Crippen LogP contribution in [0, 0.1) is 0 Å². The Kier molecular flexibility index (Phi) is 15.8. The Morgan fingerprint density at radius 3 is 1.70 bits per heavy atom. The van der Waals surface area contributed by atoms with Crippen molar-refractivity contribution in [3.05, 3.63) is 54.1 Å². The molecular weight excluding hydrogens is 400 g/mol. The summed E-state index contributed by atoms with van der Waals surface area (Å²) >= 11 is 0. The predicted molar refractivity (Wildman–Crippen MR) is 144 cm³/mol. The summed E-state index contributed by atoms with van der Waals surface area (Å²) in [5.74, 6) is 1.53. The summed E-state index contributed by atoms with van der Waals surface area (Å²) in [7, 11) is 0. The van der Waals surface area contributed by atoms with Gasteiger partial charge in [0.05, 0.1) is 13.1 Å². The van der Waals surface area contributed by atoms with Crippen LogP contribution in [0.25, 0.3) is 0 Å². The lowest BCUT2D eigenvalue weighted by Gasteiger charge is -2.06. The number of imidazole rings is 1. The highest BCUT2D eigenvalue weighted by Gasteiger charge is 2.15. The summed E-state index contributed by atoms with van der Waals surface area (Å²) in [6.45, 7) is 6.79. The lowest BCUT2D eigenvalue weighted by atomic mass is 10.0. The van der Waals surface area contributed by atoms with E-state index in [1.807, 2.05) is 0 Å². The molecule has 1 aromatic heterocycles. The zero-order valence-corrected chi connectivity index (χ0v) is 22.1. The van der Waals surface area contributed by atoms with Gasteiger partial charge in [0, 0.05) is 6.42 Å². The van der Waals surface area contributed by atoms with Crippen molar-refractivity contribution in [1.29, 1.82) is 0 Å². The molecule has 0 spiro atoms. The van der Waals surface area contributed by atoms with Crippen molar-refractivity contribution in [3.8, 4) is 0 Å². The summed E-state index contributed by atoms with van der Waals surface area (Å²) in [6.07, 6.45) is 29.7. The van der Waals surface area contributed by atoms with Crippen molar-refractivity contribution in [2.75, 3.05) is 0 Å². The van der Waals surface area contributed by atoms with Gasteiger partial charge in [-0.2, -0.15) is 0 Å². The van der Waals surface area contributed by atoms with Gasteiger partial charge in [0.2, 0.25) is 0 Å². The van der Waals surface area contributed by atoms with E-state index in [4.69, 9.17) is 0 Å². The summed E-state index contributed by atoms with van der Waals surface area (Å²) in [4.78, 5) is 0. The van der Waals surface area contributed by atoms with Gasteiger partial charge in [0.1, 0.15) is 12.4 Å². The average Bonchev–Trinajstić information content (AvgIpc) is 3.24. The Balaban J connectivity index is 1.49. The fourth-order valence-corrected chi connectivity index (χ4v) is 5.03. The van der Waals surface area contributed by atoms with E-state index >= 15 is 0 Å². The van der Waals surface area contributed by atoms with E-state index in [0.29, 0.717) is 0 Å². The monoisotopic (exact) mass is 453 g/mol. The second-order valence-corrected chi connectivity index (χ2v) is 9.98. The average molecular weight is 454 g/mol. The molecule has 2 aromatic rings. The number of hydrogen-bond acceptors (Lipinski definition) is 0. The van der Waals surface area contributed by atoms with Crippen LogP contribution >= 0.6 is 0 Å². The molecular formula is C31H53N2+. The SMILES string of the molecule is CCCCCCCCCCCCCCCCCc1n(CC)cc[n+]1CCCc1ccccc1. The van der Waals surface area contributed by atoms with E-state index < -0.39 is 0 Å². The zero-order chi connectivity index (χ0) is 23.4. The van der Waals surface area contributed by atoms with E-state index in [9.17, 15) is 0 Å². The Morgan fingerprint density at radius 2 is 1.15 bits per heavy atom. The number of rotatable bonds is 21. The molecule has 1 aromatic carbocycles. The molecule has 2 nitrogen and oxygen atoms in total. The van der Waals surface area contributed by atoms with Crippen LogP contribution in [0.5, 0.6) is 0 Å². The lowest BCUT2D eigenvalue weighted by molar-refractivity contribution is -0.704. The summed E-state index contributed by atoms with van der Waals surface area (Å²) in [5.41, 5.74) is 1.46. The minimum absolute atomic E-state index is 1.08. The second kappa shape index (κ2) is 18.8. The Labute approximate surface area is 205 Å². The summed E-state index contributed by atoms with van der Waals surface area (Å²) < 4.78 is 4.96. The number of hydrogen-bond donors (Lipinski definition) is 0. The number of aromatic nitrogens is 2. The summed E-state index contributed by atoms with van der Waals surface area (Å²) in [6, 6.07) is 10.9. The highest BCUT2D eigenvalue weighted by atomic mass is 15.1. The maximum absolute atomic E-state index is 2.51. The quantitative estimate of drug-likeness (QED) is 0.132. The number of benzene rings is 1. The van der Waals surface area contributed by atoms with Crippen molar-refractivity contribution < 1.29 is 4.57 Å². The largest absolute Gasteiger partial charge is 0.256 e. The third kappa shape index (κ3) is 12.5. The first-order valence-corrected chi connectivity index (χ1v) is 14.5. The molecule has 0 fully saturated rings. The molecule has 0 unspecified atom stereocenters. The van der Waals surface area contributed by atoms with Gasteiger partial charge in [-0.25, -0.2) is 9.13 Å². The molecule has 0 aliphatic carbocycles. The Bertz CT molecular complexity index is 688. The van der Waals surface area contributed by atoms with Crippen LogP contribution in [-0.4, -0.2) is 4.57 Å². The molecule has 0 aliphatic rings. The van der Waals surface area contributed by atoms with Crippen LogP contribution in [-0.2, 0) is 25.9 Å². The van der Waals surface area contributed by atoms with Crippen molar-refractivity contribution in [2.24, 2.45) is 0 Å². The van der Waals surface area contributed by atoms with Crippen molar-refractivity contribution >= 4 is 0 Å². The topological polar surface area (TPSA) is 8.81 Å². The van der Waals surface area contributed by atoms with E-state index in [1.54, 1.807) is 0 Å². The molecule has 2 heteroatoms. The van der Waals surface area contributed by atoms with Crippen LogP contribution in [0.1, 0.15) is 128 Å². The van der Waals surface area contributed by atoms with Crippen LogP contribution < -0.4 is 4.57 Å². The standard InChI is InChI=1S/C31H53N2/c1-3-5-6-7-8-9-10-11-12-13-14-15-16-17-21-26-31-32(4-2)28-29-33(31)27-22-25-30-23-19-18-20-24-30/h18-20,23-24,28-29H,3-17,21-22,25-27H2,1-2H3/q+1. The van der Waals surface area contributed by atoms with Gasteiger partial charge in [-0.3, -0.25) is 0 Å². The normalized spacial score (nSPS) is 11.3. The lowest BCUT2D eigenvalue weighted by Crippen LogP contribution is -2.37. The smallest absolute Gasteiger partial charge is 0.235 e.